The molecule has 0 aliphatic carbocycles. The lowest BCUT2D eigenvalue weighted by Gasteiger charge is -2.26. The summed E-state index contributed by atoms with van der Waals surface area (Å²) in [5.74, 6) is -8.34. The Morgan fingerprint density at radius 1 is 0.500 bits per heavy atom. The van der Waals surface area contributed by atoms with Crippen molar-refractivity contribution < 1.29 is 53.7 Å². The lowest BCUT2D eigenvalue weighted by molar-refractivity contribution is -0.142. The molecule has 23 heteroatoms. The van der Waals surface area contributed by atoms with Crippen molar-refractivity contribution in [1.29, 1.82) is 0 Å². The van der Waals surface area contributed by atoms with E-state index in [9.17, 15) is 53.7 Å². The minimum Gasteiger partial charge on any atom is -0.508 e. The van der Waals surface area contributed by atoms with Crippen LogP contribution in [0.2, 0.25) is 0 Å². The molecule has 78 heavy (non-hydrogen) atoms. The molecule has 0 fully saturated rings. The van der Waals surface area contributed by atoms with Gasteiger partial charge in [-0.25, -0.2) is 9.78 Å². The third-order valence-corrected chi connectivity index (χ3v) is 13.3. The van der Waals surface area contributed by atoms with E-state index < -0.39 is 96.1 Å². The van der Waals surface area contributed by atoms with Crippen LogP contribution in [0.5, 0.6) is 5.75 Å². The number of carboxylic acid groups (broad SMARTS) is 2. The molecule has 23 nitrogen and oxygen atoms in total. The SMILES string of the molecule is CC(NC(=O)C(Cc1c[nH]c2ccccc12)NC(=O)C(CC(=O)O)NC(=O)C(Cc1cnc[nH]1)NC(=O)C(N)Cc1c[nH]c2ccccc12)C(=O)NC(Cc1ccc(O)cc1)C(=O)NC(Cc1c[nH]c2ccccc12)C(=O)O. The molecule has 7 unspecified atom stereocenters. The molecule has 0 saturated heterocycles. The number of hydrogen-bond donors (Lipinski definition) is 14. The van der Waals surface area contributed by atoms with Gasteiger partial charge in [-0.2, -0.15) is 0 Å². The molecular formula is C55H58N12O11. The Labute approximate surface area is 444 Å². The number of fused-ring (bicyclic) bond motifs is 3. The number of carboxylic acids is 2. The largest absolute Gasteiger partial charge is 0.508 e. The minimum atomic E-state index is -1.82. The summed E-state index contributed by atoms with van der Waals surface area (Å²) in [6, 6.07) is 17.4. The third kappa shape index (κ3) is 13.7. The average Bonchev–Trinajstić information content (AvgIpc) is 4.27. The van der Waals surface area contributed by atoms with E-state index in [1.54, 1.807) is 48.9 Å². The van der Waals surface area contributed by atoms with E-state index in [0.29, 0.717) is 33.3 Å². The van der Waals surface area contributed by atoms with Crippen molar-refractivity contribution >= 4 is 80.1 Å². The summed E-state index contributed by atoms with van der Waals surface area (Å²) in [6.45, 7) is 1.32. The molecule has 4 aromatic carbocycles. The Morgan fingerprint density at radius 2 is 0.936 bits per heavy atom. The van der Waals surface area contributed by atoms with E-state index in [1.165, 1.54) is 43.7 Å². The highest BCUT2D eigenvalue weighted by molar-refractivity contribution is 5.99. The minimum absolute atomic E-state index is 0.0622. The normalized spacial score (nSPS) is 14.0. The number of aliphatic carboxylic acids is 2. The van der Waals surface area contributed by atoms with Crippen molar-refractivity contribution in [3.05, 3.63) is 156 Å². The first-order valence-electron chi connectivity index (χ1n) is 24.9. The molecule has 0 aliphatic heterocycles. The van der Waals surface area contributed by atoms with Crippen LogP contribution in [0, 0.1) is 0 Å². The summed E-state index contributed by atoms with van der Waals surface area (Å²) < 4.78 is 0. The molecule has 0 saturated carbocycles. The van der Waals surface area contributed by atoms with E-state index in [2.05, 4.69) is 56.8 Å². The van der Waals surface area contributed by atoms with E-state index in [1.807, 2.05) is 42.5 Å². The first-order chi connectivity index (χ1) is 37.5. The number of carbonyl (C=O) groups excluding carboxylic acids is 6. The molecule has 0 radical (unpaired) electrons. The molecule has 4 heterocycles. The van der Waals surface area contributed by atoms with Crippen LogP contribution >= 0.6 is 0 Å². The third-order valence-electron chi connectivity index (χ3n) is 13.3. The predicted molar refractivity (Wildman–Crippen MR) is 285 cm³/mol. The quantitative estimate of drug-likeness (QED) is 0.0389. The number of benzene rings is 4. The predicted octanol–water partition coefficient (Wildman–Crippen LogP) is 1.89. The fraction of sp³-hybridized carbons (Fsp3) is 0.255. The van der Waals surface area contributed by atoms with E-state index in [4.69, 9.17) is 5.73 Å². The summed E-state index contributed by atoms with van der Waals surface area (Å²) in [4.78, 5) is 126. The van der Waals surface area contributed by atoms with Crippen LogP contribution in [-0.4, -0.2) is 130 Å². The number of phenols is 1. The molecule has 404 valence electrons. The number of aromatic amines is 4. The Kier molecular flexibility index (Phi) is 17.3. The number of H-pyrrole nitrogens is 4. The molecular weight excluding hydrogens is 1000 g/mol. The first-order valence-corrected chi connectivity index (χ1v) is 24.9. The standard InChI is InChI=1S/C55H58N12O11/c1-29(49(71)63-43(18-30-14-16-35(68)17-15-30)52(74)67-47(55(77)78)21-33-26-60-42-13-7-4-10-38(33)42)62-51(73)44(20-32-25-59-41-12-6-3-9-37(32)41)65-54(76)46(23-48(69)70)66-53(75)45(22-34-27-57-28-61-34)64-50(72)39(56)19-31-24-58-40-11-5-2-8-36(31)40/h2-17,24-29,39,43-47,58-60,68H,18-23,56H2,1H3,(H,57,61)(H,62,73)(H,63,71)(H,64,72)(H,65,76)(H,66,75)(H,67,74)(H,69,70)(H,77,78). The molecule has 4 aromatic heterocycles. The van der Waals surface area contributed by atoms with Crippen LogP contribution in [0.3, 0.4) is 0 Å². The number of amides is 6. The van der Waals surface area contributed by atoms with Crippen LogP contribution < -0.4 is 37.6 Å². The molecule has 7 atom stereocenters. The van der Waals surface area contributed by atoms with Gasteiger partial charge in [0.2, 0.25) is 35.4 Å². The number of carbonyl (C=O) groups is 8. The van der Waals surface area contributed by atoms with E-state index in [-0.39, 0.29) is 37.9 Å². The summed E-state index contributed by atoms with van der Waals surface area (Å²) in [7, 11) is 0. The maximum absolute atomic E-state index is 14.4. The molecule has 15 N–H and O–H groups in total. The van der Waals surface area contributed by atoms with Crippen LogP contribution in [0.15, 0.2) is 128 Å². The molecule has 6 amide bonds. The van der Waals surface area contributed by atoms with Gasteiger partial charge in [0, 0.05) is 88.9 Å². The van der Waals surface area contributed by atoms with Gasteiger partial charge in [0.15, 0.2) is 0 Å². The molecule has 0 aliphatic rings. The highest BCUT2D eigenvalue weighted by Crippen LogP contribution is 2.22. The number of phenolic OH excluding ortho intramolecular Hbond substituents is 1. The van der Waals surface area contributed by atoms with Crippen molar-refractivity contribution in [3.63, 3.8) is 0 Å². The number of para-hydroxylation sites is 3. The number of nitrogens with one attached hydrogen (secondary N) is 10. The molecule has 0 bridgehead atoms. The maximum Gasteiger partial charge on any atom is 0.326 e. The Morgan fingerprint density at radius 3 is 1.46 bits per heavy atom. The lowest BCUT2D eigenvalue weighted by atomic mass is 10.0. The van der Waals surface area contributed by atoms with Gasteiger partial charge in [0.1, 0.15) is 42.0 Å². The number of aromatic nitrogens is 5. The van der Waals surface area contributed by atoms with Crippen LogP contribution in [-0.2, 0) is 70.5 Å². The number of nitrogens with zero attached hydrogens (tertiary/aromatic N) is 1. The van der Waals surface area contributed by atoms with Gasteiger partial charge in [-0.1, -0.05) is 66.7 Å². The number of hydrogen-bond acceptors (Lipinski definition) is 11. The second-order valence-electron chi connectivity index (χ2n) is 18.9. The van der Waals surface area contributed by atoms with Crippen molar-refractivity contribution in [2.75, 3.05) is 0 Å². The number of rotatable bonds is 25. The van der Waals surface area contributed by atoms with Crippen molar-refractivity contribution in [1.82, 2.24) is 56.8 Å². The van der Waals surface area contributed by atoms with Crippen molar-refractivity contribution in [2.45, 2.75) is 87.7 Å². The van der Waals surface area contributed by atoms with Gasteiger partial charge in [-0.05, 0) is 65.9 Å². The van der Waals surface area contributed by atoms with Gasteiger partial charge >= 0.3 is 11.9 Å². The van der Waals surface area contributed by atoms with E-state index in [0.717, 1.165) is 27.4 Å². The van der Waals surface area contributed by atoms with Crippen LogP contribution in [0.4, 0.5) is 0 Å². The zero-order valence-electron chi connectivity index (χ0n) is 42.0. The summed E-state index contributed by atoms with van der Waals surface area (Å²) in [5, 5.41) is 47.9. The van der Waals surface area contributed by atoms with Crippen LogP contribution in [0.25, 0.3) is 32.7 Å². The maximum atomic E-state index is 14.4. The monoisotopic (exact) mass is 1060 g/mol. The van der Waals surface area contributed by atoms with Crippen molar-refractivity contribution in [3.8, 4) is 5.75 Å². The second kappa shape index (κ2) is 24.7. The Bertz CT molecular complexity index is 3460. The lowest BCUT2D eigenvalue weighted by Crippen LogP contribution is -2.60. The van der Waals surface area contributed by atoms with Gasteiger partial charge in [0.05, 0.1) is 18.8 Å². The summed E-state index contributed by atoms with van der Waals surface area (Å²) in [6.07, 6.45) is 6.24. The smallest absolute Gasteiger partial charge is 0.326 e. The zero-order valence-corrected chi connectivity index (χ0v) is 42.0. The Hall–Kier alpha value is -9.77. The van der Waals surface area contributed by atoms with Gasteiger partial charge < -0.3 is 72.9 Å². The van der Waals surface area contributed by atoms with Gasteiger partial charge in [-0.15, -0.1) is 0 Å². The molecule has 8 aromatic rings. The van der Waals surface area contributed by atoms with Gasteiger partial charge in [0.25, 0.3) is 0 Å². The topological polar surface area (TPSA) is 372 Å². The fourth-order valence-corrected chi connectivity index (χ4v) is 9.14. The zero-order chi connectivity index (χ0) is 55.5. The number of nitrogens with two attached hydrogens (primary N) is 1. The number of imidazole rings is 1. The molecule has 8 rings (SSSR count). The average molecular weight is 1060 g/mol. The first kappa shape index (κ1) is 54.5. The number of aromatic hydroxyl groups is 1. The molecule has 0 spiro atoms. The highest BCUT2D eigenvalue weighted by Gasteiger charge is 2.35. The summed E-state index contributed by atoms with van der Waals surface area (Å²) in [5.41, 5.74) is 11.5. The van der Waals surface area contributed by atoms with Crippen LogP contribution in [0.1, 0.15) is 41.3 Å². The second-order valence-corrected chi connectivity index (χ2v) is 18.9. The highest BCUT2D eigenvalue weighted by atomic mass is 16.4. The van der Waals surface area contributed by atoms with Gasteiger partial charge in [-0.3, -0.25) is 33.6 Å². The van der Waals surface area contributed by atoms with Crippen molar-refractivity contribution in [2.24, 2.45) is 5.73 Å². The fourth-order valence-electron chi connectivity index (χ4n) is 9.14. The Balaban J connectivity index is 0.987. The van der Waals surface area contributed by atoms with E-state index >= 15 is 0 Å². The summed E-state index contributed by atoms with van der Waals surface area (Å²) >= 11 is 0.